The number of aromatic nitrogens is 2. The molecule has 0 spiro atoms. The number of hydrogen-bond acceptors (Lipinski definition) is 3. The molecule has 0 saturated heterocycles. The van der Waals surface area contributed by atoms with Gasteiger partial charge in [0, 0.05) is 23.8 Å². The maximum absolute atomic E-state index is 4.59. The minimum absolute atomic E-state index is 0.360. The van der Waals surface area contributed by atoms with Gasteiger partial charge in [-0.25, -0.2) is 0 Å². The Balaban J connectivity index is 1.96. The molecule has 2 heterocycles. The summed E-state index contributed by atoms with van der Waals surface area (Å²) in [4.78, 5) is 0. The number of hydrogen-bond donors (Lipinski definition) is 1. The number of aryl methyl sites for hydroxylation is 2. The monoisotopic (exact) mass is 277 g/mol. The summed E-state index contributed by atoms with van der Waals surface area (Å²) in [6.07, 6.45) is 1.09. The SMILES string of the molecule is CCn1nc(C)c(C(C)NCCc2ccsc2)c1C. The fourth-order valence-electron chi connectivity index (χ4n) is 2.62. The van der Waals surface area contributed by atoms with Crippen molar-refractivity contribution in [3.63, 3.8) is 0 Å². The Morgan fingerprint density at radius 1 is 1.42 bits per heavy atom. The molecule has 2 aromatic heterocycles. The van der Waals surface area contributed by atoms with E-state index in [1.807, 2.05) is 0 Å². The lowest BCUT2D eigenvalue weighted by Crippen LogP contribution is -2.22. The van der Waals surface area contributed by atoms with Crippen LogP contribution in [0.4, 0.5) is 0 Å². The van der Waals surface area contributed by atoms with Gasteiger partial charge < -0.3 is 5.32 Å². The summed E-state index contributed by atoms with van der Waals surface area (Å²) in [7, 11) is 0. The normalized spacial score (nSPS) is 12.8. The van der Waals surface area contributed by atoms with Crippen LogP contribution in [-0.2, 0) is 13.0 Å². The topological polar surface area (TPSA) is 29.9 Å². The maximum atomic E-state index is 4.59. The van der Waals surface area contributed by atoms with Gasteiger partial charge in [-0.05, 0) is 63.1 Å². The fraction of sp³-hybridized carbons (Fsp3) is 0.533. The van der Waals surface area contributed by atoms with Crippen molar-refractivity contribution in [2.45, 2.75) is 46.7 Å². The van der Waals surface area contributed by atoms with Gasteiger partial charge in [0.1, 0.15) is 0 Å². The summed E-state index contributed by atoms with van der Waals surface area (Å²) < 4.78 is 2.09. The van der Waals surface area contributed by atoms with E-state index in [4.69, 9.17) is 0 Å². The van der Waals surface area contributed by atoms with Crippen LogP contribution in [0.3, 0.4) is 0 Å². The zero-order valence-corrected chi connectivity index (χ0v) is 13.0. The van der Waals surface area contributed by atoms with Gasteiger partial charge in [0.25, 0.3) is 0 Å². The summed E-state index contributed by atoms with van der Waals surface area (Å²) in [5, 5.41) is 12.6. The molecule has 0 amide bonds. The second-order valence-corrected chi connectivity index (χ2v) is 5.74. The van der Waals surface area contributed by atoms with Crippen LogP contribution in [-0.4, -0.2) is 16.3 Å². The van der Waals surface area contributed by atoms with Gasteiger partial charge in [-0.1, -0.05) is 0 Å². The van der Waals surface area contributed by atoms with Crippen LogP contribution in [0.15, 0.2) is 16.8 Å². The molecular formula is C15H23N3S. The van der Waals surface area contributed by atoms with Crippen molar-refractivity contribution in [2.24, 2.45) is 0 Å². The van der Waals surface area contributed by atoms with Crippen LogP contribution in [0.5, 0.6) is 0 Å². The van der Waals surface area contributed by atoms with Crippen molar-refractivity contribution < 1.29 is 0 Å². The highest BCUT2D eigenvalue weighted by molar-refractivity contribution is 7.07. The van der Waals surface area contributed by atoms with E-state index in [1.165, 1.54) is 16.8 Å². The first-order valence-electron chi connectivity index (χ1n) is 6.91. The lowest BCUT2D eigenvalue weighted by atomic mass is 10.1. The standard InChI is InChI=1S/C15H23N3S/c1-5-18-13(4)15(12(3)17-18)11(2)16-8-6-14-7-9-19-10-14/h7,9-11,16H,5-6,8H2,1-4H3. The summed E-state index contributed by atoms with van der Waals surface area (Å²) in [5.41, 5.74) is 5.21. The van der Waals surface area contributed by atoms with E-state index in [9.17, 15) is 0 Å². The Morgan fingerprint density at radius 2 is 2.21 bits per heavy atom. The zero-order chi connectivity index (χ0) is 13.8. The van der Waals surface area contributed by atoms with Crippen LogP contribution in [0.25, 0.3) is 0 Å². The third kappa shape index (κ3) is 3.25. The van der Waals surface area contributed by atoms with Gasteiger partial charge in [-0.2, -0.15) is 16.4 Å². The smallest absolute Gasteiger partial charge is 0.0644 e. The zero-order valence-electron chi connectivity index (χ0n) is 12.2. The summed E-state index contributed by atoms with van der Waals surface area (Å²) >= 11 is 1.76. The third-order valence-electron chi connectivity index (χ3n) is 3.61. The molecule has 0 saturated carbocycles. The second-order valence-electron chi connectivity index (χ2n) is 4.96. The average Bonchev–Trinajstić information content (AvgIpc) is 2.97. The Morgan fingerprint density at radius 3 is 2.79 bits per heavy atom. The van der Waals surface area contributed by atoms with Gasteiger partial charge in [0.15, 0.2) is 0 Å². The Kier molecular flexibility index (Phi) is 4.77. The molecule has 1 atom stereocenters. The quantitative estimate of drug-likeness (QED) is 0.876. The van der Waals surface area contributed by atoms with E-state index in [1.54, 1.807) is 11.3 Å². The largest absolute Gasteiger partial charge is 0.310 e. The molecule has 2 rings (SSSR count). The van der Waals surface area contributed by atoms with E-state index >= 15 is 0 Å². The molecule has 2 aromatic rings. The molecule has 0 aromatic carbocycles. The van der Waals surface area contributed by atoms with Crippen molar-refractivity contribution in [3.8, 4) is 0 Å². The van der Waals surface area contributed by atoms with E-state index in [0.29, 0.717) is 6.04 Å². The van der Waals surface area contributed by atoms with Crippen LogP contribution < -0.4 is 5.32 Å². The molecule has 0 aliphatic rings. The fourth-order valence-corrected chi connectivity index (χ4v) is 3.32. The van der Waals surface area contributed by atoms with Crippen molar-refractivity contribution in [1.82, 2.24) is 15.1 Å². The van der Waals surface area contributed by atoms with E-state index in [-0.39, 0.29) is 0 Å². The minimum atomic E-state index is 0.360. The molecule has 0 aliphatic heterocycles. The lowest BCUT2D eigenvalue weighted by molar-refractivity contribution is 0.569. The molecule has 19 heavy (non-hydrogen) atoms. The Hall–Kier alpha value is -1.13. The van der Waals surface area contributed by atoms with Crippen LogP contribution in [0, 0.1) is 13.8 Å². The van der Waals surface area contributed by atoms with E-state index in [2.05, 4.69) is 59.6 Å². The van der Waals surface area contributed by atoms with Gasteiger partial charge in [-0.15, -0.1) is 0 Å². The first kappa shape index (κ1) is 14.3. The summed E-state index contributed by atoms with van der Waals surface area (Å²) in [6, 6.07) is 2.56. The summed E-state index contributed by atoms with van der Waals surface area (Å²) in [5.74, 6) is 0. The molecule has 0 fully saturated rings. The molecular weight excluding hydrogens is 254 g/mol. The molecule has 1 unspecified atom stereocenters. The first-order chi connectivity index (χ1) is 9.13. The Labute approximate surface area is 119 Å². The minimum Gasteiger partial charge on any atom is -0.310 e. The third-order valence-corrected chi connectivity index (χ3v) is 4.35. The molecule has 4 heteroatoms. The summed E-state index contributed by atoms with van der Waals surface area (Å²) in [6.45, 7) is 10.6. The number of nitrogens with one attached hydrogen (secondary N) is 1. The van der Waals surface area contributed by atoms with Crippen LogP contribution in [0.1, 0.15) is 42.4 Å². The van der Waals surface area contributed by atoms with Crippen LogP contribution in [0.2, 0.25) is 0 Å². The first-order valence-corrected chi connectivity index (χ1v) is 7.86. The van der Waals surface area contributed by atoms with Gasteiger partial charge in [0.05, 0.1) is 5.69 Å². The van der Waals surface area contributed by atoms with E-state index in [0.717, 1.165) is 25.2 Å². The molecule has 0 radical (unpaired) electrons. The van der Waals surface area contributed by atoms with Crippen molar-refractivity contribution >= 4 is 11.3 Å². The number of nitrogens with zero attached hydrogens (tertiary/aromatic N) is 2. The highest BCUT2D eigenvalue weighted by Crippen LogP contribution is 2.21. The number of rotatable bonds is 6. The van der Waals surface area contributed by atoms with Gasteiger partial charge in [0.2, 0.25) is 0 Å². The average molecular weight is 277 g/mol. The van der Waals surface area contributed by atoms with Crippen molar-refractivity contribution in [3.05, 3.63) is 39.3 Å². The Bertz CT molecular complexity index is 514. The van der Waals surface area contributed by atoms with E-state index < -0.39 is 0 Å². The lowest BCUT2D eigenvalue weighted by Gasteiger charge is -2.14. The van der Waals surface area contributed by atoms with Crippen molar-refractivity contribution in [2.75, 3.05) is 6.54 Å². The van der Waals surface area contributed by atoms with Crippen molar-refractivity contribution in [1.29, 1.82) is 0 Å². The number of thiophene rings is 1. The molecule has 3 nitrogen and oxygen atoms in total. The van der Waals surface area contributed by atoms with Crippen LogP contribution >= 0.6 is 11.3 Å². The molecule has 104 valence electrons. The predicted octanol–water partition coefficient (Wildman–Crippen LogP) is 3.47. The highest BCUT2D eigenvalue weighted by Gasteiger charge is 2.16. The highest BCUT2D eigenvalue weighted by atomic mass is 32.1. The predicted molar refractivity (Wildman–Crippen MR) is 81.8 cm³/mol. The molecule has 1 N–H and O–H groups in total. The second kappa shape index (κ2) is 6.35. The molecule has 0 aliphatic carbocycles. The maximum Gasteiger partial charge on any atom is 0.0644 e. The van der Waals surface area contributed by atoms with Gasteiger partial charge in [-0.3, -0.25) is 4.68 Å². The molecule has 0 bridgehead atoms. The van der Waals surface area contributed by atoms with Gasteiger partial charge >= 0.3 is 0 Å².